The van der Waals surface area contributed by atoms with Crippen molar-refractivity contribution < 1.29 is 4.74 Å². The smallest absolute Gasteiger partial charge is 0.115 e. The van der Waals surface area contributed by atoms with E-state index in [0.29, 0.717) is 0 Å². The monoisotopic (exact) mass is 182 g/mol. The first kappa shape index (κ1) is 12.3. The van der Waals surface area contributed by atoms with Gasteiger partial charge in [0.2, 0.25) is 0 Å². The molecule has 0 aliphatic heterocycles. The van der Waals surface area contributed by atoms with Crippen molar-refractivity contribution in [3.63, 3.8) is 0 Å². The Balaban J connectivity index is 0.00000144. The molecule has 1 rings (SSSR count). The molecule has 0 heterocycles. The van der Waals surface area contributed by atoms with Crippen LogP contribution in [-0.2, 0) is 4.74 Å². The second-order valence-corrected chi connectivity index (χ2v) is 4.53. The van der Waals surface area contributed by atoms with Crippen LogP contribution in [0.1, 0.15) is 35.1 Å². The van der Waals surface area contributed by atoms with Crippen LogP contribution < -0.4 is 0 Å². The molecule has 0 N–H and O–H groups in total. The van der Waals surface area contributed by atoms with Crippen molar-refractivity contribution in [3.8, 4) is 0 Å². The average molecular weight is 182 g/mol. The van der Waals surface area contributed by atoms with Crippen LogP contribution in [-0.4, -0.2) is 7.11 Å². The Morgan fingerprint density at radius 1 is 1.08 bits per heavy atom. The van der Waals surface area contributed by atoms with Gasteiger partial charge in [0.1, 0.15) is 5.76 Å². The summed E-state index contributed by atoms with van der Waals surface area (Å²) in [4.78, 5) is 0. The lowest BCUT2D eigenvalue weighted by Gasteiger charge is -2.39. The van der Waals surface area contributed by atoms with Crippen LogP contribution in [0.3, 0.4) is 0 Å². The molecule has 0 fully saturated rings. The van der Waals surface area contributed by atoms with E-state index in [9.17, 15) is 0 Å². The molecule has 0 saturated carbocycles. The van der Waals surface area contributed by atoms with Crippen molar-refractivity contribution >= 4 is 0 Å². The summed E-state index contributed by atoms with van der Waals surface area (Å²) in [7, 11) is 1.71. The molecule has 0 aromatic carbocycles. The maximum atomic E-state index is 5.19. The van der Waals surface area contributed by atoms with Crippen LogP contribution in [0.4, 0.5) is 0 Å². The summed E-state index contributed by atoms with van der Waals surface area (Å²) in [6.07, 6.45) is 6.45. The zero-order valence-corrected chi connectivity index (χ0v) is 8.64. The molecule has 0 aromatic rings. The molecule has 0 spiro atoms. The fourth-order valence-electron chi connectivity index (χ4n) is 1.22. The van der Waals surface area contributed by atoms with Crippen molar-refractivity contribution in [3.05, 3.63) is 24.0 Å². The molecule has 0 aromatic heterocycles. The van der Waals surface area contributed by atoms with E-state index in [1.165, 1.54) is 0 Å². The van der Waals surface area contributed by atoms with Crippen LogP contribution in [0.25, 0.3) is 0 Å². The van der Waals surface area contributed by atoms with Gasteiger partial charge >= 0.3 is 0 Å². The summed E-state index contributed by atoms with van der Waals surface area (Å²) in [5.41, 5.74) is 0.391. The number of rotatable bonds is 1. The summed E-state index contributed by atoms with van der Waals surface area (Å²) >= 11 is 0. The highest BCUT2D eigenvalue weighted by Crippen LogP contribution is 2.44. The predicted molar refractivity (Wildman–Crippen MR) is 58.5 cm³/mol. The van der Waals surface area contributed by atoms with Gasteiger partial charge in [0.15, 0.2) is 0 Å². The second-order valence-electron chi connectivity index (χ2n) is 4.53. The van der Waals surface area contributed by atoms with E-state index in [1.54, 1.807) is 7.11 Å². The van der Waals surface area contributed by atoms with E-state index in [2.05, 4.69) is 39.8 Å². The summed E-state index contributed by atoms with van der Waals surface area (Å²) in [6, 6.07) is 0. The highest BCUT2D eigenvalue weighted by atomic mass is 16.5. The number of ether oxygens (including phenoxy) is 1. The topological polar surface area (TPSA) is 9.23 Å². The number of methoxy groups -OCH3 is 1. The van der Waals surface area contributed by atoms with Crippen molar-refractivity contribution in [1.29, 1.82) is 0 Å². The molecule has 0 bridgehead atoms. The van der Waals surface area contributed by atoms with Gasteiger partial charge in [-0.1, -0.05) is 41.2 Å². The Morgan fingerprint density at radius 3 is 2.00 bits per heavy atom. The second kappa shape index (κ2) is 3.57. The summed E-state index contributed by atoms with van der Waals surface area (Å²) in [6.45, 7) is 8.95. The van der Waals surface area contributed by atoms with E-state index in [0.717, 1.165) is 5.76 Å². The Kier molecular flexibility index (Phi) is 3.37. The Hall–Kier alpha value is -0.720. The first-order chi connectivity index (χ1) is 5.39. The lowest BCUT2D eigenvalue weighted by Crippen LogP contribution is -2.31. The zero-order chi connectivity index (χ0) is 9.41. The molecule has 1 aliphatic carbocycles. The van der Waals surface area contributed by atoms with Gasteiger partial charge in [-0.3, -0.25) is 0 Å². The lowest BCUT2D eigenvalue weighted by molar-refractivity contribution is 0.205. The average Bonchev–Trinajstić information content (AvgIpc) is 1.95. The van der Waals surface area contributed by atoms with Crippen LogP contribution in [0, 0.1) is 10.8 Å². The van der Waals surface area contributed by atoms with Gasteiger partial charge in [-0.2, -0.15) is 0 Å². The molecular formula is C12H22O. The molecule has 1 aliphatic rings. The number of hydrogen-bond acceptors (Lipinski definition) is 1. The van der Waals surface area contributed by atoms with Crippen molar-refractivity contribution in [2.45, 2.75) is 35.1 Å². The van der Waals surface area contributed by atoms with E-state index in [4.69, 9.17) is 4.74 Å². The SMILES string of the molecule is C.COC1=CC(C)(C)C(C)(C)C=C1. The Labute approximate surface area is 82.5 Å². The fourth-order valence-corrected chi connectivity index (χ4v) is 1.22. The largest absolute Gasteiger partial charge is 0.497 e. The molecule has 1 heteroatoms. The van der Waals surface area contributed by atoms with Gasteiger partial charge in [-0.05, 0) is 23.0 Å². The third-order valence-electron chi connectivity index (χ3n) is 3.06. The van der Waals surface area contributed by atoms with Crippen molar-refractivity contribution in [1.82, 2.24) is 0 Å². The first-order valence-electron chi connectivity index (χ1n) is 4.35. The molecule has 1 nitrogen and oxygen atoms in total. The van der Waals surface area contributed by atoms with Gasteiger partial charge in [0.05, 0.1) is 7.11 Å². The summed E-state index contributed by atoms with van der Waals surface area (Å²) in [5.74, 6) is 0.972. The van der Waals surface area contributed by atoms with Crippen LogP contribution in [0.5, 0.6) is 0 Å². The normalized spacial score (nSPS) is 23.0. The molecule has 0 saturated heterocycles. The third kappa shape index (κ3) is 2.15. The Morgan fingerprint density at radius 2 is 1.62 bits per heavy atom. The molecule has 0 amide bonds. The van der Waals surface area contributed by atoms with Gasteiger partial charge in [-0.15, -0.1) is 0 Å². The van der Waals surface area contributed by atoms with Crippen molar-refractivity contribution in [2.24, 2.45) is 10.8 Å². The minimum Gasteiger partial charge on any atom is -0.497 e. The quantitative estimate of drug-likeness (QED) is 0.599. The third-order valence-corrected chi connectivity index (χ3v) is 3.06. The Bertz CT molecular complexity index is 232. The number of hydrogen-bond donors (Lipinski definition) is 0. The molecule has 0 radical (unpaired) electrons. The molecule has 13 heavy (non-hydrogen) atoms. The first-order valence-corrected chi connectivity index (χ1v) is 4.35. The summed E-state index contributed by atoms with van der Waals surface area (Å²) < 4.78 is 5.19. The summed E-state index contributed by atoms with van der Waals surface area (Å²) in [5, 5.41) is 0. The van der Waals surface area contributed by atoms with E-state index in [-0.39, 0.29) is 18.3 Å². The van der Waals surface area contributed by atoms with Gasteiger partial charge in [-0.25, -0.2) is 0 Å². The minimum absolute atomic E-state index is 0. The van der Waals surface area contributed by atoms with Crippen LogP contribution >= 0.6 is 0 Å². The minimum atomic E-state index is 0. The maximum absolute atomic E-state index is 5.19. The highest BCUT2D eigenvalue weighted by Gasteiger charge is 2.35. The van der Waals surface area contributed by atoms with Crippen molar-refractivity contribution in [2.75, 3.05) is 7.11 Å². The lowest BCUT2D eigenvalue weighted by atomic mass is 9.65. The number of allylic oxidation sites excluding steroid dienone is 3. The molecule has 0 atom stereocenters. The molecule has 0 unspecified atom stereocenters. The fraction of sp³-hybridized carbons (Fsp3) is 0.667. The van der Waals surface area contributed by atoms with E-state index >= 15 is 0 Å². The zero-order valence-electron chi connectivity index (χ0n) is 8.64. The van der Waals surface area contributed by atoms with Gasteiger partial charge < -0.3 is 4.74 Å². The van der Waals surface area contributed by atoms with Crippen LogP contribution in [0.15, 0.2) is 24.0 Å². The van der Waals surface area contributed by atoms with Gasteiger partial charge in [0, 0.05) is 0 Å². The molecular weight excluding hydrogens is 160 g/mol. The standard InChI is InChI=1S/C11H18O.CH4/c1-10(2)7-6-9(12-5)8-11(10,3)4;/h6-8H,1-5H3;1H4. The van der Waals surface area contributed by atoms with Gasteiger partial charge in [0.25, 0.3) is 0 Å². The highest BCUT2D eigenvalue weighted by molar-refractivity contribution is 5.26. The maximum Gasteiger partial charge on any atom is 0.115 e. The molecule has 76 valence electrons. The predicted octanol–water partition coefficient (Wildman–Crippen LogP) is 3.78. The van der Waals surface area contributed by atoms with E-state index < -0.39 is 0 Å². The van der Waals surface area contributed by atoms with E-state index in [1.807, 2.05) is 6.08 Å². The van der Waals surface area contributed by atoms with Crippen LogP contribution in [0.2, 0.25) is 0 Å².